The van der Waals surface area contributed by atoms with Crippen LogP contribution in [0.2, 0.25) is 0 Å². The highest BCUT2D eigenvalue weighted by Crippen LogP contribution is 2.14. The fourth-order valence-electron chi connectivity index (χ4n) is 2.03. The molecule has 0 aliphatic rings. The third kappa shape index (κ3) is 5.03. The molecule has 0 saturated heterocycles. The molecule has 0 amide bonds. The first-order valence-corrected chi connectivity index (χ1v) is 6.55. The molecule has 0 unspecified atom stereocenters. The van der Waals surface area contributed by atoms with Crippen LogP contribution in [-0.2, 0) is 11.5 Å². The van der Waals surface area contributed by atoms with E-state index in [1.54, 1.807) is 12.1 Å². The molecule has 17 heavy (non-hydrogen) atoms. The van der Waals surface area contributed by atoms with Crippen LogP contribution < -0.4 is 0 Å². The molecule has 93 valence electrons. The molecule has 0 bridgehead atoms. The predicted octanol–water partition coefficient (Wildman–Crippen LogP) is 4.16. The first kappa shape index (κ1) is 13.8. The van der Waals surface area contributed by atoms with Gasteiger partial charge in [0.2, 0.25) is 0 Å². The zero-order valence-corrected chi connectivity index (χ0v) is 10.6. The van der Waals surface area contributed by atoms with E-state index in [0.29, 0.717) is 5.56 Å². The second-order valence-electron chi connectivity index (χ2n) is 4.46. The Kier molecular flexibility index (Phi) is 6.38. The SMILES string of the molecule is CCCCCCCCc1ccccc1C([O])=O. The maximum atomic E-state index is 10.9. The lowest BCUT2D eigenvalue weighted by atomic mass is 10.0. The molecule has 1 aromatic rings. The van der Waals surface area contributed by atoms with E-state index < -0.39 is 5.97 Å². The molecule has 0 aliphatic carbocycles. The van der Waals surface area contributed by atoms with Crippen molar-refractivity contribution in [2.75, 3.05) is 0 Å². The van der Waals surface area contributed by atoms with Gasteiger partial charge in [0.15, 0.2) is 0 Å². The van der Waals surface area contributed by atoms with Crippen molar-refractivity contribution >= 4 is 5.97 Å². The molecule has 0 aromatic heterocycles. The largest absolute Gasteiger partial charge is 0.386 e. The summed E-state index contributed by atoms with van der Waals surface area (Å²) in [4.78, 5) is 10.9. The van der Waals surface area contributed by atoms with Crippen molar-refractivity contribution in [2.24, 2.45) is 0 Å². The fourth-order valence-corrected chi connectivity index (χ4v) is 2.03. The van der Waals surface area contributed by atoms with Crippen molar-refractivity contribution in [1.82, 2.24) is 0 Å². The molecule has 2 heteroatoms. The second kappa shape index (κ2) is 7.88. The lowest BCUT2D eigenvalue weighted by Crippen LogP contribution is -2.00. The Labute approximate surface area is 104 Å². The lowest BCUT2D eigenvalue weighted by molar-refractivity contribution is 0.0572. The summed E-state index contributed by atoms with van der Waals surface area (Å²) in [5, 5.41) is 10.9. The molecule has 0 aliphatic heterocycles. The Morgan fingerprint density at radius 2 is 1.65 bits per heavy atom. The Bertz CT molecular complexity index is 345. The minimum atomic E-state index is -1.06. The van der Waals surface area contributed by atoms with Gasteiger partial charge in [-0.3, -0.25) is 0 Å². The third-order valence-electron chi connectivity index (χ3n) is 3.04. The van der Waals surface area contributed by atoms with E-state index in [0.717, 1.165) is 18.4 Å². The minimum absolute atomic E-state index is 0.348. The summed E-state index contributed by atoms with van der Waals surface area (Å²) in [5.41, 5.74) is 1.25. The van der Waals surface area contributed by atoms with Crippen molar-refractivity contribution in [3.8, 4) is 0 Å². The summed E-state index contributed by atoms with van der Waals surface area (Å²) < 4.78 is 0. The van der Waals surface area contributed by atoms with E-state index in [1.807, 2.05) is 12.1 Å². The smallest absolute Gasteiger partial charge is 0.241 e. The first-order chi connectivity index (χ1) is 8.25. The Morgan fingerprint density at radius 1 is 1.00 bits per heavy atom. The zero-order chi connectivity index (χ0) is 12.5. The molecular formula is C15H21O2. The van der Waals surface area contributed by atoms with E-state index in [1.165, 1.54) is 32.1 Å². The van der Waals surface area contributed by atoms with E-state index in [9.17, 15) is 9.90 Å². The van der Waals surface area contributed by atoms with Gasteiger partial charge in [0.1, 0.15) is 0 Å². The summed E-state index contributed by atoms with van der Waals surface area (Å²) in [6, 6.07) is 7.15. The summed E-state index contributed by atoms with van der Waals surface area (Å²) in [5.74, 6) is -1.06. The predicted molar refractivity (Wildman–Crippen MR) is 68.5 cm³/mol. The van der Waals surface area contributed by atoms with E-state index in [4.69, 9.17) is 0 Å². The number of hydrogen-bond acceptors (Lipinski definition) is 1. The maximum Gasteiger partial charge on any atom is 0.386 e. The highest BCUT2D eigenvalue weighted by Gasteiger charge is 2.09. The monoisotopic (exact) mass is 233 g/mol. The number of unbranched alkanes of at least 4 members (excludes halogenated alkanes) is 5. The van der Waals surface area contributed by atoms with Crippen LogP contribution in [0.5, 0.6) is 0 Å². The minimum Gasteiger partial charge on any atom is -0.241 e. The van der Waals surface area contributed by atoms with Crippen LogP contribution >= 0.6 is 0 Å². The molecule has 0 N–H and O–H groups in total. The quantitative estimate of drug-likeness (QED) is 0.621. The van der Waals surface area contributed by atoms with Crippen molar-refractivity contribution < 1.29 is 9.90 Å². The standard InChI is InChI=1S/C15H21O2/c1-2-3-4-5-6-7-10-13-11-8-9-12-14(13)15(16)17/h8-9,11-12H,2-7,10H2,1H3. The third-order valence-corrected chi connectivity index (χ3v) is 3.04. The normalized spacial score (nSPS) is 10.4. The molecule has 0 spiro atoms. The molecule has 1 radical (unpaired) electrons. The lowest BCUT2D eigenvalue weighted by Gasteiger charge is -2.04. The van der Waals surface area contributed by atoms with Gasteiger partial charge in [0, 0.05) is 0 Å². The Hall–Kier alpha value is -1.31. The Morgan fingerprint density at radius 3 is 2.35 bits per heavy atom. The zero-order valence-electron chi connectivity index (χ0n) is 10.6. The average Bonchev–Trinajstić information content (AvgIpc) is 2.34. The topological polar surface area (TPSA) is 37.0 Å². The molecule has 2 nitrogen and oxygen atoms in total. The fraction of sp³-hybridized carbons (Fsp3) is 0.533. The van der Waals surface area contributed by atoms with Gasteiger partial charge in [-0.1, -0.05) is 57.2 Å². The summed E-state index contributed by atoms with van der Waals surface area (Å²) in [6.07, 6.45) is 8.19. The first-order valence-electron chi connectivity index (χ1n) is 6.55. The van der Waals surface area contributed by atoms with Crippen LogP contribution in [0.25, 0.3) is 0 Å². The van der Waals surface area contributed by atoms with Gasteiger partial charge < -0.3 is 0 Å². The number of rotatable bonds is 8. The average molecular weight is 233 g/mol. The van der Waals surface area contributed by atoms with Crippen molar-refractivity contribution in [1.29, 1.82) is 0 Å². The van der Waals surface area contributed by atoms with E-state index >= 15 is 0 Å². The summed E-state index contributed by atoms with van der Waals surface area (Å²) in [6.45, 7) is 2.20. The number of carbonyl (C=O) groups is 1. The number of carbonyl (C=O) groups excluding carboxylic acids is 1. The number of aryl methyl sites for hydroxylation is 1. The molecule has 1 aromatic carbocycles. The van der Waals surface area contributed by atoms with Gasteiger partial charge in [-0.2, -0.15) is 0 Å². The van der Waals surface area contributed by atoms with Crippen LogP contribution in [0.1, 0.15) is 61.4 Å². The van der Waals surface area contributed by atoms with Gasteiger partial charge in [0.05, 0.1) is 5.56 Å². The summed E-state index contributed by atoms with van der Waals surface area (Å²) in [7, 11) is 0. The highest BCUT2D eigenvalue weighted by atomic mass is 16.4. The van der Waals surface area contributed by atoms with Crippen molar-refractivity contribution in [3.63, 3.8) is 0 Å². The van der Waals surface area contributed by atoms with Gasteiger partial charge in [-0.05, 0) is 24.5 Å². The number of benzene rings is 1. The molecule has 0 fully saturated rings. The molecule has 0 heterocycles. The van der Waals surface area contributed by atoms with Gasteiger partial charge in [0.25, 0.3) is 0 Å². The number of hydrogen-bond donors (Lipinski definition) is 0. The molecule has 0 atom stereocenters. The second-order valence-corrected chi connectivity index (χ2v) is 4.46. The van der Waals surface area contributed by atoms with Crippen LogP contribution in [0, 0.1) is 0 Å². The van der Waals surface area contributed by atoms with Crippen LogP contribution in [0.4, 0.5) is 0 Å². The van der Waals surface area contributed by atoms with E-state index in [2.05, 4.69) is 6.92 Å². The van der Waals surface area contributed by atoms with Crippen molar-refractivity contribution in [2.45, 2.75) is 51.9 Å². The summed E-state index contributed by atoms with van der Waals surface area (Å²) >= 11 is 0. The molecular weight excluding hydrogens is 212 g/mol. The van der Waals surface area contributed by atoms with Gasteiger partial charge in [-0.15, -0.1) is 0 Å². The van der Waals surface area contributed by atoms with Crippen LogP contribution in [0.3, 0.4) is 0 Å². The van der Waals surface area contributed by atoms with Crippen molar-refractivity contribution in [3.05, 3.63) is 35.4 Å². The van der Waals surface area contributed by atoms with Crippen LogP contribution in [-0.4, -0.2) is 5.97 Å². The Balaban J connectivity index is 2.34. The van der Waals surface area contributed by atoms with E-state index in [-0.39, 0.29) is 0 Å². The van der Waals surface area contributed by atoms with Gasteiger partial charge >= 0.3 is 5.97 Å². The molecule has 0 saturated carbocycles. The molecule has 1 rings (SSSR count). The van der Waals surface area contributed by atoms with Gasteiger partial charge in [-0.25, -0.2) is 9.90 Å². The maximum absolute atomic E-state index is 10.9. The highest BCUT2D eigenvalue weighted by molar-refractivity contribution is 5.88. The van der Waals surface area contributed by atoms with Crippen LogP contribution in [0.15, 0.2) is 24.3 Å².